The van der Waals surface area contributed by atoms with Crippen LogP contribution in [0.1, 0.15) is 22.0 Å². The van der Waals surface area contributed by atoms with Gasteiger partial charge in [-0.15, -0.1) is 0 Å². The van der Waals surface area contributed by atoms with Gasteiger partial charge in [0.05, 0.1) is 12.7 Å². The van der Waals surface area contributed by atoms with E-state index in [4.69, 9.17) is 16.7 Å². The number of hydrogen-bond donors (Lipinski definition) is 3. The van der Waals surface area contributed by atoms with Crippen LogP contribution in [-0.2, 0) is 9.53 Å². The lowest BCUT2D eigenvalue weighted by Gasteiger charge is -2.17. The van der Waals surface area contributed by atoms with E-state index in [2.05, 4.69) is 4.74 Å². The van der Waals surface area contributed by atoms with Crippen LogP contribution >= 0.6 is 11.6 Å². The highest BCUT2D eigenvalue weighted by molar-refractivity contribution is 6.31. The molecule has 1 aromatic rings. The van der Waals surface area contributed by atoms with Gasteiger partial charge in [0, 0.05) is 5.02 Å². The van der Waals surface area contributed by atoms with E-state index in [-0.39, 0.29) is 16.1 Å². The molecule has 2 atom stereocenters. The molecular weight excluding hydrogens is 264 g/mol. The van der Waals surface area contributed by atoms with E-state index in [0.717, 1.165) is 13.2 Å². The fourth-order valence-electron chi connectivity index (χ4n) is 1.39. The van der Waals surface area contributed by atoms with Gasteiger partial charge < -0.3 is 20.1 Å². The molecule has 0 saturated heterocycles. The van der Waals surface area contributed by atoms with Gasteiger partial charge in [-0.1, -0.05) is 17.7 Å². The molecular formula is C11H11ClO6. The lowest BCUT2D eigenvalue weighted by atomic mass is 9.98. The number of carbonyl (C=O) groups is 2. The number of aliphatic hydroxyl groups is 2. The summed E-state index contributed by atoms with van der Waals surface area (Å²) >= 11 is 5.64. The van der Waals surface area contributed by atoms with Crippen LogP contribution in [0.5, 0.6) is 0 Å². The van der Waals surface area contributed by atoms with Crippen molar-refractivity contribution in [3.63, 3.8) is 0 Å². The molecule has 0 radical (unpaired) electrons. The molecule has 1 rings (SSSR count). The summed E-state index contributed by atoms with van der Waals surface area (Å²) < 4.78 is 4.26. The summed E-state index contributed by atoms with van der Waals surface area (Å²) in [5, 5.41) is 28.3. The number of carbonyl (C=O) groups excluding carboxylic acids is 1. The highest BCUT2D eigenvalue weighted by atomic mass is 35.5. The molecule has 0 amide bonds. The Morgan fingerprint density at radius 1 is 1.33 bits per heavy atom. The summed E-state index contributed by atoms with van der Waals surface area (Å²) in [6.45, 7) is 0. The molecule has 0 aliphatic heterocycles. The first-order valence-electron chi connectivity index (χ1n) is 4.85. The molecule has 0 bridgehead atoms. The maximum Gasteiger partial charge on any atom is 0.337 e. The van der Waals surface area contributed by atoms with Crippen molar-refractivity contribution in [2.75, 3.05) is 7.11 Å². The zero-order valence-electron chi connectivity index (χ0n) is 9.33. The van der Waals surface area contributed by atoms with Crippen LogP contribution in [0.25, 0.3) is 0 Å². The Morgan fingerprint density at radius 2 is 1.94 bits per heavy atom. The molecule has 0 heterocycles. The molecule has 3 N–H and O–H groups in total. The molecule has 6 nitrogen and oxygen atoms in total. The first-order valence-corrected chi connectivity index (χ1v) is 5.23. The van der Waals surface area contributed by atoms with Crippen molar-refractivity contribution in [2.24, 2.45) is 0 Å². The molecule has 0 aliphatic rings. The average molecular weight is 275 g/mol. The second kappa shape index (κ2) is 5.81. The van der Waals surface area contributed by atoms with E-state index in [0.29, 0.717) is 0 Å². The van der Waals surface area contributed by atoms with Gasteiger partial charge in [-0.05, 0) is 17.7 Å². The van der Waals surface area contributed by atoms with Crippen molar-refractivity contribution in [2.45, 2.75) is 12.2 Å². The standard InChI is InChI=1S/C11H11ClO6/c1-18-11(17)9(14)8(13)6-3-2-5(12)4-7(6)10(15)16/h2-4,8-9,13-14H,1H3,(H,15,16). The number of hydrogen-bond acceptors (Lipinski definition) is 5. The van der Waals surface area contributed by atoms with Crippen LogP contribution in [0.2, 0.25) is 5.02 Å². The van der Waals surface area contributed by atoms with Gasteiger partial charge in [-0.3, -0.25) is 0 Å². The number of halogens is 1. The van der Waals surface area contributed by atoms with Crippen molar-refractivity contribution in [1.29, 1.82) is 0 Å². The quantitative estimate of drug-likeness (QED) is 0.695. The van der Waals surface area contributed by atoms with Crippen molar-refractivity contribution in [3.8, 4) is 0 Å². The second-order valence-corrected chi connectivity index (χ2v) is 3.89. The Balaban J connectivity index is 3.16. The summed E-state index contributed by atoms with van der Waals surface area (Å²) in [7, 11) is 1.04. The molecule has 1 aromatic carbocycles. The van der Waals surface area contributed by atoms with Gasteiger partial charge >= 0.3 is 11.9 Å². The zero-order valence-corrected chi connectivity index (χ0v) is 10.1. The smallest absolute Gasteiger partial charge is 0.337 e. The number of aliphatic hydroxyl groups excluding tert-OH is 2. The molecule has 0 fully saturated rings. The van der Waals surface area contributed by atoms with Gasteiger partial charge in [-0.2, -0.15) is 0 Å². The van der Waals surface area contributed by atoms with Gasteiger partial charge in [0.1, 0.15) is 6.10 Å². The Hall–Kier alpha value is -1.63. The van der Waals surface area contributed by atoms with E-state index in [9.17, 15) is 19.8 Å². The topological polar surface area (TPSA) is 104 Å². The normalized spacial score (nSPS) is 13.8. The highest BCUT2D eigenvalue weighted by Crippen LogP contribution is 2.25. The van der Waals surface area contributed by atoms with E-state index in [1.165, 1.54) is 12.1 Å². The van der Waals surface area contributed by atoms with Gasteiger partial charge in [0.25, 0.3) is 0 Å². The minimum atomic E-state index is -1.87. The maximum atomic E-state index is 11.1. The zero-order chi connectivity index (χ0) is 13.9. The molecule has 0 saturated carbocycles. The van der Waals surface area contributed by atoms with Crippen molar-refractivity contribution < 1.29 is 29.6 Å². The predicted octanol–water partition coefficient (Wildman–Crippen LogP) is 0.606. The van der Waals surface area contributed by atoms with Crippen LogP contribution in [0.15, 0.2) is 18.2 Å². The lowest BCUT2D eigenvalue weighted by molar-refractivity contribution is -0.156. The minimum Gasteiger partial charge on any atom is -0.478 e. The van der Waals surface area contributed by atoms with E-state index in [1.807, 2.05) is 0 Å². The third-order valence-electron chi connectivity index (χ3n) is 2.31. The predicted molar refractivity (Wildman–Crippen MR) is 61.4 cm³/mol. The molecule has 0 spiro atoms. The Kier molecular flexibility index (Phi) is 4.66. The SMILES string of the molecule is COC(=O)C(O)C(O)c1ccc(Cl)cc1C(=O)O. The van der Waals surface area contributed by atoms with Crippen molar-refractivity contribution in [1.82, 2.24) is 0 Å². The summed E-state index contributed by atoms with van der Waals surface area (Å²) in [6.07, 6.45) is -3.57. The van der Waals surface area contributed by atoms with Crippen molar-refractivity contribution >= 4 is 23.5 Å². The number of carboxylic acids is 1. The number of rotatable bonds is 4. The van der Waals surface area contributed by atoms with E-state index in [1.54, 1.807) is 0 Å². The minimum absolute atomic E-state index is 0.121. The summed E-state index contributed by atoms with van der Waals surface area (Å²) in [6, 6.07) is 3.69. The first-order chi connectivity index (χ1) is 8.38. The molecule has 0 aromatic heterocycles. The third-order valence-corrected chi connectivity index (χ3v) is 2.54. The average Bonchev–Trinajstić information content (AvgIpc) is 2.35. The first kappa shape index (κ1) is 14.4. The fourth-order valence-corrected chi connectivity index (χ4v) is 1.56. The number of benzene rings is 1. The Morgan fingerprint density at radius 3 is 2.44 bits per heavy atom. The van der Waals surface area contributed by atoms with Crippen LogP contribution in [-0.4, -0.2) is 40.5 Å². The largest absolute Gasteiger partial charge is 0.478 e. The molecule has 18 heavy (non-hydrogen) atoms. The van der Waals surface area contributed by atoms with Gasteiger partial charge in [0.2, 0.25) is 0 Å². The molecule has 0 aliphatic carbocycles. The maximum absolute atomic E-state index is 11.1. The monoisotopic (exact) mass is 274 g/mol. The van der Waals surface area contributed by atoms with Crippen LogP contribution < -0.4 is 0 Å². The highest BCUT2D eigenvalue weighted by Gasteiger charge is 2.29. The van der Waals surface area contributed by atoms with Gasteiger partial charge in [0.15, 0.2) is 6.10 Å². The number of esters is 1. The van der Waals surface area contributed by atoms with Crippen molar-refractivity contribution in [3.05, 3.63) is 34.3 Å². The van der Waals surface area contributed by atoms with E-state index >= 15 is 0 Å². The number of carboxylic acid groups (broad SMARTS) is 1. The Labute approximate surface area is 107 Å². The summed E-state index contributed by atoms with van der Waals surface area (Å²) in [4.78, 5) is 22.0. The molecule has 2 unspecified atom stereocenters. The summed E-state index contributed by atoms with van der Waals surface area (Å²) in [5.74, 6) is -2.39. The molecule has 7 heteroatoms. The summed E-state index contributed by atoms with van der Waals surface area (Å²) in [5.41, 5.74) is -0.414. The van der Waals surface area contributed by atoms with Crippen LogP contribution in [0.3, 0.4) is 0 Å². The molecule has 98 valence electrons. The van der Waals surface area contributed by atoms with E-state index < -0.39 is 24.1 Å². The van der Waals surface area contributed by atoms with Crippen LogP contribution in [0.4, 0.5) is 0 Å². The van der Waals surface area contributed by atoms with Crippen LogP contribution in [0, 0.1) is 0 Å². The third kappa shape index (κ3) is 2.98. The lowest BCUT2D eigenvalue weighted by Crippen LogP contribution is -2.30. The number of ether oxygens (including phenoxy) is 1. The Bertz CT molecular complexity index is 473. The number of methoxy groups -OCH3 is 1. The number of aromatic carboxylic acids is 1. The van der Waals surface area contributed by atoms with Gasteiger partial charge in [-0.25, -0.2) is 9.59 Å². The second-order valence-electron chi connectivity index (χ2n) is 3.45. The fraction of sp³-hybridized carbons (Fsp3) is 0.273.